The number of hydrogen-bond donors (Lipinski definition) is 2. The summed E-state index contributed by atoms with van der Waals surface area (Å²) in [6, 6.07) is 1.78. The Morgan fingerprint density at radius 1 is 1.47 bits per heavy atom. The number of aromatic nitrogens is 2. The van der Waals surface area contributed by atoms with Crippen LogP contribution in [0.15, 0.2) is 12.3 Å². The van der Waals surface area contributed by atoms with Crippen LogP contribution < -0.4 is 16.0 Å². The maximum absolute atomic E-state index is 5.95. The standard InChI is InChI=1S/C12H20N4O/c1-2-9-5-3-4-6-10(9)17-11-7-8-14-12(15-11)16-13/h7-10H,2-6,13H2,1H3,(H,14,15,16). The van der Waals surface area contributed by atoms with Gasteiger partial charge in [-0.3, -0.25) is 5.43 Å². The lowest BCUT2D eigenvalue weighted by molar-refractivity contribution is 0.0859. The lowest BCUT2D eigenvalue weighted by Gasteiger charge is -2.30. The Labute approximate surface area is 102 Å². The van der Waals surface area contributed by atoms with E-state index in [1.54, 1.807) is 12.3 Å². The third kappa shape index (κ3) is 3.06. The van der Waals surface area contributed by atoms with Gasteiger partial charge in [0.2, 0.25) is 11.8 Å². The van der Waals surface area contributed by atoms with Gasteiger partial charge in [-0.2, -0.15) is 4.98 Å². The highest BCUT2D eigenvalue weighted by atomic mass is 16.5. The number of hydrogen-bond acceptors (Lipinski definition) is 5. The van der Waals surface area contributed by atoms with Gasteiger partial charge in [0.15, 0.2) is 0 Å². The molecule has 1 aliphatic rings. The average Bonchev–Trinajstić information content (AvgIpc) is 2.39. The van der Waals surface area contributed by atoms with Gasteiger partial charge in [-0.1, -0.05) is 13.3 Å². The highest BCUT2D eigenvalue weighted by Gasteiger charge is 2.25. The Hall–Kier alpha value is -1.36. The molecule has 1 aliphatic carbocycles. The second kappa shape index (κ2) is 5.82. The zero-order valence-electron chi connectivity index (χ0n) is 10.2. The third-order valence-corrected chi connectivity index (χ3v) is 3.39. The Bertz CT molecular complexity index is 358. The van der Waals surface area contributed by atoms with Gasteiger partial charge in [0.05, 0.1) is 0 Å². The van der Waals surface area contributed by atoms with Crippen molar-refractivity contribution in [1.82, 2.24) is 9.97 Å². The predicted octanol–water partition coefficient (Wildman–Crippen LogP) is 2.11. The summed E-state index contributed by atoms with van der Waals surface area (Å²) in [5.74, 6) is 6.93. The molecule has 5 heteroatoms. The van der Waals surface area contributed by atoms with E-state index in [0.717, 1.165) is 12.8 Å². The van der Waals surface area contributed by atoms with Gasteiger partial charge in [-0.05, 0) is 31.6 Å². The largest absolute Gasteiger partial charge is 0.474 e. The van der Waals surface area contributed by atoms with Crippen LogP contribution in [0.3, 0.4) is 0 Å². The molecule has 0 aromatic carbocycles. The summed E-state index contributed by atoms with van der Waals surface area (Å²) in [4.78, 5) is 8.15. The van der Waals surface area contributed by atoms with Crippen molar-refractivity contribution in [1.29, 1.82) is 0 Å². The van der Waals surface area contributed by atoms with Gasteiger partial charge < -0.3 is 4.74 Å². The summed E-state index contributed by atoms with van der Waals surface area (Å²) < 4.78 is 5.95. The lowest BCUT2D eigenvalue weighted by Crippen LogP contribution is -2.30. The van der Waals surface area contributed by atoms with Crippen molar-refractivity contribution in [2.75, 3.05) is 5.43 Å². The Kier molecular flexibility index (Phi) is 4.14. The zero-order valence-corrected chi connectivity index (χ0v) is 10.2. The van der Waals surface area contributed by atoms with Crippen molar-refractivity contribution >= 4 is 5.95 Å². The fourth-order valence-electron chi connectivity index (χ4n) is 2.43. The van der Waals surface area contributed by atoms with Crippen molar-refractivity contribution in [2.45, 2.75) is 45.1 Å². The fourth-order valence-corrected chi connectivity index (χ4v) is 2.43. The molecule has 17 heavy (non-hydrogen) atoms. The molecule has 1 saturated carbocycles. The van der Waals surface area contributed by atoms with Gasteiger partial charge in [-0.25, -0.2) is 10.8 Å². The van der Waals surface area contributed by atoms with E-state index in [1.165, 1.54) is 19.3 Å². The van der Waals surface area contributed by atoms with E-state index in [1.807, 2.05) is 0 Å². The third-order valence-electron chi connectivity index (χ3n) is 3.39. The number of rotatable bonds is 4. The minimum absolute atomic E-state index is 0.286. The van der Waals surface area contributed by atoms with Gasteiger partial charge in [0.25, 0.3) is 0 Å². The first kappa shape index (κ1) is 12.1. The Balaban J connectivity index is 2.02. The normalized spacial score (nSPS) is 24.4. The van der Waals surface area contributed by atoms with Crippen LogP contribution in [0.25, 0.3) is 0 Å². The van der Waals surface area contributed by atoms with Crippen molar-refractivity contribution < 1.29 is 4.74 Å². The number of anilines is 1. The number of ether oxygens (including phenoxy) is 1. The summed E-state index contributed by atoms with van der Waals surface area (Å²) in [5.41, 5.74) is 2.43. The number of nitrogens with one attached hydrogen (secondary N) is 1. The van der Waals surface area contributed by atoms with Crippen molar-refractivity contribution in [3.8, 4) is 5.88 Å². The topological polar surface area (TPSA) is 73.1 Å². The van der Waals surface area contributed by atoms with E-state index in [-0.39, 0.29) is 6.10 Å². The molecule has 1 aromatic heterocycles. The van der Waals surface area contributed by atoms with Crippen LogP contribution in [-0.2, 0) is 0 Å². The molecular weight excluding hydrogens is 216 g/mol. The lowest BCUT2D eigenvalue weighted by atomic mass is 9.85. The smallest absolute Gasteiger partial charge is 0.240 e. The second-order valence-corrected chi connectivity index (χ2v) is 4.47. The highest BCUT2D eigenvalue weighted by molar-refractivity contribution is 5.25. The average molecular weight is 236 g/mol. The molecule has 0 spiro atoms. The van der Waals surface area contributed by atoms with Gasteiger partial charge >= 0.3 is 0 Å². The first-order valence-corrected chi connectivity index (χ1v) is 6.29. The first-order valence-electron chi connectivity index (χ1n) is 6.29. The SMILES string of the molecule is CCC1CCCCC1Oc1ccnc(NN)n1. The van der Waals surface area contributed by atoms with E-state index in [2.05, 4.69) is 22.3 Å². The zero-order chi connectivity index (χ0) is 12.1. The maximum atomic E-state index is 5.95. The van der Waals surface area contributed by atoms with E-state index >= 15 is 0 Å². The van der Waals surface area contributed by atoms with Crippen LogP contribution in [0.2, 0.25) is 0 Å². The van der Waals surface area contributed by atoms with E-state index in [9.17, 15) is 0 Å². The molecule has 2 rings (SSSR count). The van der Waals surface area contributed by atoms with Gasteiger partial charge in [-0.15, -0.1) is 0 Å². The van der Waals surface area contributed by atoms with E-state index in [0.29, 0.717) is 17.7 Å². The molecule has 0 amide bonds. The monoisotopic (exact) mass is 236 g/mol. The fraction of sp³-hybridized carbons (Fsp3) is 0.667. The first-order chi connectivity index (χ1) is 8.33. The Morgan fingerprint density at radius 3 is 3.06 bits per heavy atom. The summed E-state index contributed by atoms with van der Waals surface area (Å²) in [6.45, 7) is 2.22. The van der Waals surface area contributed by atoms with Crippen molar-refractivity contribution in [2.24, 2.45) is 11.8 Å². The molecule has 0 aliphatic heterocycles. The molecule has 2 unspecified atom stereocenters. The molecule has 0 bridgehead atoms. The number of hydrazine groups is 1. The van der Waals surface area contributed by atoms with Crippen LogP contribution in [0, 0.1) is 5.92 Å². The van der Waals surface area contributed by atoms with Crippen LogP contribution in [0.1, 0.15) is 39.0 Å². The van der Waals surface area contributed by atoms with Crippen molar-refractivity contribution in [3.05, 3.63) is 12.3 Å². The Morgan fingerprint density at radius 2 is 2.29 bits per heavy atom. The molecule has 1 heterocycles. The van der Waals surface area contributed by atoms with Crippen LogP contribution >= 0.6 is 0 Å². The molecule has 94 valence electrons. The highest BCUT2D eigenvalue weighted by Crippen LogP contribution is 2.29. The summed E-state index contributed by atoms with van der Waals surface area (Å²) in [6.07, 6.45) is 8.04. The summed E-state index contributed by atoms with van der Waals surface area (Å²) >= 11 is 0. The van der Waals surface area contributed by atoms with Crippen LogP contribution in [0.4, 0.5) is 5.95 Å². The van der Waals surface area contributed by atoms with Crippen LogP contribution in [0.5, 0.6) is 5.88 Å². The quantitative estimate of drug-likeness (QED) is 0.618. The molecule has 0 radical (unpaired) electrons. The minimum atomic E-state index is 0.286. The number of nitrogens with two attached hydrogens (primary N) is 1. The molecule has 2 atom stereocenters. The van der Waals surface area contributed by atoms with E-state index in [4.69, 9.17) is 10.6 Å². The van der Waals surface area contributed by atoms with Crippen LogP contribution in [-0.4, -0.2) is 16.1 Å². The second-order valence-electron chi connectivity index (χ2n) is 4.47. The molecule has 3 N–H and O–H groups in total. The maximum Gasteiger partial charge on any atom is 0.240 e. The molecular formula is C12H20N4O. The summed E-state index contributed by atoms with van der Waals surface area (Å²) in [5, 5.41) is 0. The summed E-state index contributed by atoms with van der Waals surface area (Å²) in [7, 11) is 0. The van der Waals surface area contributed by atoms with Gasteiger partial charge in [0, 0.05) is 12.3 Å². The molecule has 5 nitrogen and oxygen atoms in total. The molecule has 1 fully saturated rings. The number of nitrogen functional groups attached to an aromatic ring is 1. The van der Waals surface area contributed by atoms with Crippen molar-refractivity contribution in [3.63, 3.8) is 0 Å². The number of nitrogens with zero attached hydrogens (tertiary/aromatic N) is 2. The predicted molar refractivity (Wildman–Crippen MR) is 66.5 cm³/mol. The van der Waals surface area contributed by atoms with E-state index < -0.39 is 0 Å². The van der Waals surface area contributed by atoms with Gasteiger partial charge in [0.1, 0.15) is 6.10 Å². The molecule has 1 aromatic rings. The minimum Gasteiger partial charge on any atom is -0.474 e. The molecule has 0 saturated heterocycles.